The minimum absolute atomic E-state index is 0.0950. The van der Waals surface area contributed by atoms with Crippen LogP contribution in [0.25, 0.3) is 10.8 Å². The Labute approximate surface area is 151 Å². The Balaban J connectivity index is 1.58. The van der Waals surface area contributed by atoms with E-state index in [9.17, 15) is 4.79 Å². The fourth-order valence-corrected chi connectivity index (χ4v) is 2.74. The molecule has 0 aliphatic carbocycles. The van der Waals surface area contributed by atoms with E-state index in [4.69, 9.17) is 17.0 Å². The van der Waals surface area contributed by atoms with Gasteiger partial charge in [0.1, 0.15) is 5.75 Å². The second-order valence-corrected chi connectivity index (χ2v) is 5.99. The van der Waals surface area contributed by atoms with Crippen LogP contribution in [0, 0.1) is 6.92 Å². The van der Waals surface area contributed by atoms with Gasteiger partial charge in [-0.05, 0) is 42.2 Å². The molecule has 0 spiro atoms. The fourth-order valence-electron chi connectivity index (χ4n) is 2.51. The van der Waals surface area contributed by atoms with Crippen LogP contribution < -0.4 is 15.4 Å². The van der Waals surface area contributed by atoms with Crippen molar-refractivity contribution < 1.29 is 9.53 Å². The second-order valence-electron chi connectivity index (χ2n) is 5.58. The summed E-state index contributed by atoms with van der Waals surface area (Å²) in [5, 5.41) is 8.09. The van der Waals surface area contributed by atoms with Crippen LogP contribution in [0.4, 0.5) is 5.69 Å². The molecule has 0 bridgehead atoms. The second kappa shape index (κ2) is 7.77. The summed E-state index contributed by atoms with van der Waals surface area (Å²) in [4.78, 5) is 12.0. The Morgan fingerprint density at radius 1 is 1.00 bits per heavy atom. The lowest BCUT2D eigenvalue weighted by Gasteiger charge is -2.13. The number of fused-ring (bicyclic) bond motifs is 1. The molecular formula is C20H18N2O2S. The van der Waals surface area contributed by atoms with E-state index in [1.165, 1.54) is 0 Å². The van der Waals surface area contributed by atoms with E-state index in [1.807, 2.05) is 73.7 Å². The summed E-state index contributed by atoms with van der Waals surface area (Å²) < 4.78 is 5.52. The van der Waals surface area contributed by atoms with Crippen LogP contribution in [-0.4, -0.2) is 17.6 Å². The predicted octanol–water partition coefficient (Wildman–Crippen LogP) is 4.04. The number of anilines is 1. The minimum atomic E-state index is -0.305. The van der Waals surface area contributed by atoms with Gasteiger partial charge < -0.3 is 10.1 Å². The molecule has 1 amide bonds. The van der Waals surface area contributed by atoms with Crippen molar-refractivity contribution in [1.29, 1.82) is 0 Å². The minimum Gasteiger partial charge on any atom is -0.483 e. The molecule has 0 fully saturated rings. The molecule has 0 aliphatic heterocycles. The highest BCUT2D eigenvalue weighted by Crippen LogP contribution is 2.22. The first-order valence-electron chi connectivity index (χ1n) is 7.90. The maximum atomic E-state index is 12.0. The summed E-state index contributed by atoms with van der Waals surface area (Å²) in [7, 11) is 0. The molecule has 0 atom stereocenters. The van der Waals surface area contributed by atoms with E-state index in [2.05, 4.69) is 10.6 Å². The lowest BCUT2D eigenvalue weighted by atomic mass is 10.1. The number of nitrogens with one attached hydrogen (secondary N) is 2. The summed E-state index contributed by atoms with van der Waals surface area (Å²) in [5.74, 6) is 0.381. The van der Waals surface area contributed by atoms with Crippen molar-refractivity contribution in [3.8, 4) is 5.75 Å². The average Bonchev–Trinajstić information content (AvgIpc) is 2.61. The third-order valence-corrected chi connectivity index (χ3v) is 3.95. The number of rotatable bonds is 4. The van der Waals surface area contributed by atoms with Gasteiger partial charge >= 0.3 is 0 Å². The monoisotopic (exact) mass is 350 g/mol. The molecule has 126 valence electrons. The molecule has 4 nitrogen and oxygen atoms in total. The van der Waals surface area contributed by atoms with Crippen molar-refractivity contribution in [3.05, 3.63) is 72.3 Å². The maximum absolute atomic E-state index is 12.0. The van der Waals surface area contributed by atoms with Gasteiger partial charge in [-0.2, -0.15) is 0 Å². The number of carbonyl (C=O) groups excluding carboxylic acids is 1. The normalized spacial score (nSPS) is 10.3. The van der Waals surface area contributed by atoms with Gasteiger partial charge in [-0.25, -0.2) is 0 Å². The van der Waals surface area contributed by atoms with Gasteiger partial charge in [0.15, 0.2) is 11.7 Å². The first-order chi connectivity index (χ1) is 12.1. The Morgan fingerprint density at radius 2 is 1.72 bits per heavy atom. The van der Waals surface area contributed by atoms with Gasteiger partial charge in [0.25, 0.3) is 5.91 Å². The Morgan fingerprint density at radius 3 is 2.56 bits per heavy atom. The Kier molecular flexibility index (Phi) is 5.26. The Hall–Kier alpha value is -2.92. The van der Waals surface area contributed by atoms with Gasteiger partial charge in [0.2, 0.25) is 0 Å². The van der Waals surface area contributed by atoms with Crippen molar-refractivity contribution in [1.82, 2.24) is 5.32 Å². The van der Waals surface area contributed by atoms with E-state index >= 15 is 0 Å². The number of amides is 1. The molecule has 3 rings (SSSR count). The van der Waals surface area contributed by atoms with E-state index in [1.54, 1.807) is 0 Å². The lowest BCUT2D eigenvalue weighted by molar-refractivity contribution is -0.121. The van der Waals surface area contributed by atoms with Crippen LogP contribution >= 0.6 is 12.2 Å². The number of aryl methyl sites for hydroxylation is 1. The molecule has 5 heteroatoms. The van der Waals surface area contributed by atoms with Crippen molar-refractivity contribution in [2.24, 2.45) is 0 Å². The van der Waals surface area contributed by atoms with E-state index < -0.39 is 0 Å². The van der Waals surface area contributed by atoms with Crippen LogP contribution in [0.2, 0.25) is 0 Å². The van der Waals surface area contributed by atoms with Gasteiger partial charge in [-0.15, -0.1) is 0 Å². The number of para-hydroxylation sites is 1. The summed E-state index contributed by atoms with van der Waals surface area (Å²) in [6.07, 6.45) is 0. The zero-order valence-electron chi connectivity index (χ0n) is 13.8. The van der Waals surface area contributed by atoms with E-state index in [-0.39, 0.29) is 17.6 Å². The number of carbonyl (C=O) groups is 1. The van der Waals surface area contributed by atoms with Crippen molar-refractivity contribution >= 4 is 39.7 Å². The largest absolute Gasteiger partial charge is 0.483 e. The third-order valence-electron chi connectivity index (χ3n) is 3.74. The molecule has 0 aliphatic rings. The van der Waals surface area contributed by atoms with E-state index in [0.717, 1.165) is 22.0 Å². The van der Waals surface area contributed by atoms with Gasteiger partial charge in [0, 0.05) is 11.1 Å². The molecule has 2 N–H and O–H groups in total. The molecule has 0 heterocycles. The van der Waals surface area contributed by atoms with Crippen molar-refractivity contribution in [2.45, 2.75) is 6.92 Å². The highest BCUT2D eigenvalue weighted by atomic mass is 32.1. The highest BCUT2D eigenvalue weighted by Gasteiger charge is 2.08. The SMILES string of the molecule is Cc1ccccc1OCC(=O)NC(=S)Nc1cccc2ccccc12. The number of ether oxygens (including phenoxy) is 1. The topological polar surface area (TPSA) is 50.4 Å². The number of hydrogen-bond donors (Lipinski definition) is 2. The Bertz CT molecular complexity index is 919. The van der Waals surface area contributed by atoms with Crippen molar-refractivity contribution in [3.63, 3.8) is 0 Å². The zero-order valence-corrected chi connectivity index (χ0v) is 14.6. The molecule has 0 saturated heterocycles. The van der Waals surface area contributed by atoms with Crippen LogP contribution in [0.1, 0.15) is 5.56 Å². The molecular weight excluding hydrogens is 332 g/mol. The average molecular weight is 350 g/mol. The van der Waals surface area contributed by atoms with E-state index in [0.29, 0.717) is 5.75 Å². The van der Waals surface area contributed by atoms with Crippen LogP contribution in [-0.2, 0) is 4.79 Å². The first-order valence-corrected chi connectivity index (χ1v) is 8.31. The first kappa shape index (κ1) is 16.9. The predicted molar refractivity (Wildman–Crippen MR) is 105 cm³/mol. The number of benzene rings is 3. The zero-order chi connectivity index (χ0) is 17.6. The summed E-state index contributed by atoms with van der Waals surface area (Å²) in [6.45, 7) is 1.84. The molecule has 0 aromatic heterocycles. The third kappa shape index (κ3) is 4.33. The molecule has 0 unspecified atom stereocenters. The number of hydrogen-bond acceptors (Lipinski definition) is 3. The quantitative estimate of drug-likeness (QED) is 0.697. The highest BCUT2D eigenvalue weighted by molar-refractivity contribution is 7.80. The molecule has 3 aromatic carbocycles. The fraction of sp³-hybridized carbons (Fsp3) is 0.100. The molecule has 3 aromatic rings. The van der Waals surface area contributed by atoms with Gasteiger partial charge in [0.05, 0.1) is 0 Å². The van der Waals surface area contributed by atoms with Crippen LogP contribution in [0.15, 0.2) is 66.7 Å². The van der Waals surface area contributed by atoms with Gasteiger partial charge in [-0.1, -0.05) is 54.6 Å². The molecule has 0 saturated carbocycles. The standard InChI is InChI=1S/C20H18N2O2S/c1-14-7-2-5-12-18(14)24-13-19(23)22-20(25)21-17-11-6-9-15-8-3-4-10-16(15)17/h2-12H,13H2,1H3,(H2,21,22,23,25). The maximum Gasteiger partial charge on any atom is 0.264 e. The molecule has 25 heavy (non-hydrogen) atoms. The van der Waals surface area contributed by atoms with Crippen LogP contribution in [0.3, 0.4) is 0 Å². The number of thiocarbonyl (C=S) groups is 1. The van der Waals surface area contributed by atoms with Crippen LogP contribution in [0.5, 0.6) is 5.75 Å². The smallest absolute Gasteiger partial charge is 0.264 e. The lowest BCUT2D eigenvalue weighted by Crippen LogP contribution is -2.37. The summed E-state index contributed by atoms with van der Waals surface area (Å²) in [5.41, 5.74) is 1.83. The summed E-state index contributed by atoms with van der Waals surface area (Å²) in [6, 6.07) is 21.4. The van der Waals surface area contributed by atoms with Crippen molar-refractivity contribution in [2.75, 3.05) is 11.9 Å². The van der Waals surface area contributed by atoms with Gasteiger partial charge in [-0.3, -0.25) is 10.1 Å². The summed E-state index contributed by atoms with van der Waals surface area (Å²) >= 11 is 5.23. The molecule has 0 radical (unpaired) electrons.